The molecule has 0 saturated carbocycles. The number of fused-ring (bicyclic) bond motifs is 3. The van der Waals surface area contributed by atoms with Crippen molar-refractivity contribution in [3.05, 3.63) is 60.2 Å². The minimum Gasteiger partial charge on any atom is -0.497 e. The van der Waals surface area contributed by atoms with Gasteiger partial charge < -0.3 is 45.4 Å². The van der Waals surface area contributed by atoms with Gasteiger partial charge in [-0.2, -0.15) is 0 Å². The summed E-state index contributed by atoms with van der Waals surface area (Å²) in [4.78, 5) is 102. The van der Waals surface area contributed by atoms with Gasteiger partial charge in [0.25, 0.3) is 0 Å². The predicted molar refractivity (Wildman–Crippen MR) is 208 cm³/mol. The van der Waals surface area contributed by atoms with Gasteiger partial charge in [-0.15, -0.1) is 0 Å². The smallest absolute Gasteiger partial charge is 0.328 e. The number of amides is 7. The number of carbonyl (C=O) groups is 7. The largest absolute Gasteiger partial charge is 0.497 e. The molecule has 57 heavy (non-hydrogen) atoms. The van der Waals surface area contributed by atoms with Gasteiger partial charge in [-0.05, 0) is 87.6 Å². The number of benzene rings is 2. The number of hydrogen-bond acceptors (Lipinski definition) is 9. The average molecular weight is 788 g/mol. The van der Waals surface area contributed by atoms with E-state index in [1.165, 1.54) is 21.8 Å². The molecule has 4 heterocycles. The van der Waals surface area contributed by atoms with Gasteiger partial charge in [0.05, 0.1) is 7.11 Å². The van der Waals surface area contributed by atoms with E-state index < -0.39 is 78.5 Å². The van der Waals surface area contributed by atoms with Crippen molar-refractivity contribution in [1.82, 2.24) is 30.7 Å². The molecule has 4 aliphatic rings. The van der Waals surface area contributed by atoms with Gasteiger partial charge in [0.1, 0.15) is 48.6 Å². The van der Waals surface area contributed by atoms with E-state index in [2.05, 4.69) is 21.3 Å². The third-order valence-corrected chi connectivity index (χ3v) is 11.2. The van der Waals surface area contributed by atoms with Crippen LogP contribution in [0.4, 0.5) is 10.5 Å². The maximum absolute atomic E-state index is 14.7. The molecule has 4 aliphatic heterocycles. The van der Waals surface area contributed by atoms with E-state index in [-0.39, 0.29) is 31.3 Å². The summed E-state index contributed by atoms with van der Waals surface area (Å²) in [7, 11) is 1.53. The van der Waals surface area contributed by atoms with Crippen molar-refractivity contribution in [1.29, 1.82) is 0 Å². The zero-order chi connectivity index (χ0) is 40.6. The fourth-order valence-electron chi connectivity index (χ4n) is 8.21. The Balaban J connectivity index is 1.30. The standard InChI is InChI=1S/C41H53N7O9/c1-25-21-34-40(54)57-24-31(44-35(49)30(22-27-11-5-4-6-12-27)45-41(55)43-28-15-17-29(56-3)18-16-28)38(52)47-20-10-8-14-33(47)39(53)46-19-9-7-13-32(46)36(50)42-26(2)37(51)48(34)23-25/h4-6,11-12,15-18,25-26,30-34H,7-10,13-14,19-24H2,1-3H3,(H,42,50)(H,44,49)(H2,43,45,55)/t25-,26+,30+,31+,32+,33+,34+/m1/s1. The molecule has 2 aromatic rings. The lowest BCUT2D eigenvalue weighted by molar-refractivity contribution is -0.160. The Morgan fingerprint density at radius 2 is 1.49 bits per heavy atom. The molecule has 0 bridgehead atoms. The third-order valence-electron chi connectivity index (χ3n) is 11.2. The molecule has 0 radical (unpaired) electrons. The highest BCUT2D eigenvalue weighted by atomic mass is 16.5. The number of rotatable bonds is 7. The normalized spacial score (nSPS) is 26.6. The lowest BCUT2D eigenvalue weighted by Crippen LogP contribution is -2.63. The molecule has 6 rings (SSSR count). The Morgan fingerprint density at radius 3 is 2.18 bits per heavy atom. The number of nitrogens with zero attached hydrogens (tertiary/aromatic N) is 3. The molecule has 2 aromatic carbocycles. The molecule has 0 unspecified atom stereocenters. The van der Waals surface area contributed by atoms with Crippen molar-refractivity contribution in [3.63, 3.8) is 0 Å². The minimum atomic E-state index is -1.45. The summed E-state index contributed by atoms with van der Waals surface area (Å²) in [5.74, 6) is -2.88. The van der Waals surface area contributed by atoms with Crippen LogP contribution in [0.1, 0.15) is 64.4 Å². The minimum absolute atomic E-state index is 0.0527. The van der Waals surface area contributed by atoms with Crippen LogP contribution in [0.3, 0.4) is 0 Å². The topological polar surface area (TPSA) is 196 Å². The number of esters is 1. The average Bonchev–Trinajstić information content (AvgIpc) is 3.62. The number of cyclic esters (lactones) is 1. The first-order valence-corrected chi connectivity index (χ1v) is 19.9. The van der Waals surface area contributed by atoms with E-state index in [1.54, 1.807) is 55.5 Å². The summed E-state index contributed by atoms with van der Waals surface area (Å²) in [6.45, 7) is 3.66. The number of methoxy groups -OCH3 is 1. The van der Waals surface area contributed by atoms with E-state index in [0.717, 1.165) is 5.56 Å². The second kappa shape index (κ2) is 18.5. The van der Waals surface area contributed by atoms with E-state index in [0.29, 0.717) is 62.9 Å². The van der Waals surface area contributed by atoms with Crippen LogP contribution in [-0.4, -0.2) is 126 Å². The molecule has 0 aromatic heterocycles. The van der Waals surface area contributed by atoms with Crippen LogP contribution in [0, 0.1) is 5.92 Å². The van der Waals surface area contributed by atoms with E-state index in [1.807, 2.05) is 13.0 Å². The summed E-state index contributed by atoms with van der Waals surface area (Å²) < 4.78 is 11.0. The molecule has 16 nitrogen and oxygen atoms in total. The van der Waals surface area contributed by atoms with Crippen molar-refractivity contribution in [2.75, 3.05) is 38.7 Å². The van der Waals surface area contributed by atoms with E-state index >= 15 is 0 Å². The number of ether oxygens (including phenoxy) is 2. The zero-order valence-corrected chi connectivity index (χ0v) is 32.7. The fraction of sp³-hybridized carbons (Fsp3) is 0.537. The van der Waals surface area contributed by atoms with Crippen LogP contribution >= 0.6 is 0 Å². The van der Waals surface area contributed by atoms with E-state index in [9.17, 15) is 33.6 Å². The summed E-state index contributed by atoms with van der Waals surface area (Å²) in [6.07, 6.45) is 3.74. The van der Waals surface area contributed by atoms with Gasteiger partial charge in [-0.3, -0.25) is 24.0 Å². The molecule has 7 amide bonds. The monoisotopic (exact) mass is 787 g/mol. The van der Waals surface area contributed by atoms with Gasteiger partial charge in [-0.25, -0.2) is 9.59 Å². The van der Waals surface area contributed by atoms with Crippen molar-refractivity contribution in [2.24, 2.45) is 5.92 Å². The van der Waals surface area contributed by atoms with Crippen molar-refractivity contribution < 1.29 is 43.0 Å². The number of carbonyl (C=O) groups excluding carboxylic acids is 7. The number of anilines is 1. The predicted octanol–water partition coefficient (Wildman–Crippen LogP) is 1.97. The maximum Gasteiger partial charge on any atom is 0.328 e. The van der Waals surface area contributed by atoms with Gasteiger partial charge in [0.15, 0.2) is 0 Å². The molecule has 306 valence electrons. The highest BCUT2D eigenvalue weighted by Crippen LogP contribution is 2.28. The summed E-state index contributed by atoms with van der Waals surface area (Å²) in [5, 5.41) is 11.0. The van der Waals surface area contributed by atoms with Crippen molar-refractivity contribution in [2.45, 2.75) is 101 Å². The Hall–Kier alpha value is -5.67. The van der Waals surface area contributed by atoms with Gasteiger partial charge in [-0.1, -0.05) is 37.3 Å². The summed E-state index contributed by atoms with van der Waals surface area (Å²) >= 11 is 0. The summed E-state index contributed by atoms with van der Waals surface area (Å²) in [6, 6.07) is 8.64. The van der Waals surface area contributed by atoms with Gasteiger partial charge in [0, 0.05) is 31.7 Å². The van der Waals surface area contributed by atoms with Crippen LogP contribution in [0.15, 0.2) is 54.6 Å². The Morgan fingerprint density at radius 1 is 0.825 bits per heavy atom. The molecule has 4 N–H and O–H groups in total. The van der Waals surface area contributed by atoms with Crippen LogP contribution in [-0.2, 0) is 39.9 Å². The zero-order valence-electron chi connectivity index (χ0n) is 32.7. The van der Waals surface area contributed by atoms with Gasteiger partial charge >= 0.3 is 12.0 Å². The Kier molecular flexibility index (Phi) is 13.3. The molecule has 4 fully saturated rings. The highest BCUT2D eigenvalue weighted by Gasteiger charge is 2.45. The Labute approximate surface area is 332 Å². The first-order chi connectivity index (χ1) is 27.4. The number of nitrogens with one attached hydrogen (secondary N) is 4. The molecule has 0 spiro atoms. The molecular weight excluding hydrogens is 734 g/mol. The van der Waals surface area contributed by atoms with Crippen LogP contribution in [0.2, 0.25) is 0 Å². The molecular formula is C41H53N7O9. The first-order valence-electron chi connectivity index (χ1n) is 19.9. The molecule has 4 saturated heterocycles. The van der Waals surface area contributed by atoms with Crippen molar-refractivity contribution in [3.8, 4) is 5.75 Å². The third kappa shape index (κ3) is 9.84. The molecule has 16 heteroatoms. The SMILES string of the molecule is COc1ccc(NC(=O)N[C@@H](Cc2ccccc2)C(=O)N[C@H]2COC(=O)[C@@H]3C[C@@H](C)CN3C(=O)[C@H](C)NC(=O)[C@@H]3CCCCN3C(=O)[C@@H]3CCCCN3C2=O)cc1. The maximum atomic E-state index is 14.7. The lowest BCUT2D eigenvalue weighted by atomic mass is 9.95. The number of hydrogen-bond donors (Lipinski definition) is 4. The molecule has 7 atom stereocenters. The second-order valence-electron chi connectivity index (χ2n) is 15.4. The summed E-state index contributed by atoms with van der Waals surface area (Å²) in [5.41, 5.74) is 1.18. The van der Waals surface area contributed by atoms with Crippen molar-refractivity contribution >= 4 is 47.2 Å². The second-order valence-corrected chi connectivity index (χ2v) is 15.4. The number of piperidine rings is 2. The lowest BCUT2D eigenvalue weighted by Gasteiger charge is -2.42. The highest BCUT2D eigenvalue weighted by molar-refractivity contribution is 5.98. The van der Waals surface area contributed by atoms with Crippen LogP contribution in [0.5, 0.6) is 5.75 Å². The van der Waals surface area contributed by atoms with Crippen LogP contribution < -0.4 is 26.0 Å². The quantitative estimate of drug-likeness (QED) is 0.304. The van der Waals surface area contributed by atoms with Gasteiger partial charge in [0.2, 0.25) is 29.5 Å². The molecule has 0 aliphatic carbocycles. The number of urea groups is 1. The fourth-order valence-corrected chi connectivity index (χ4v) is 8.21. The first kappa shape index (κ1) is 41.0. The Bertz CT molecular complexity index is 1810. The van der Waals surface area contributed by atoms with E-state index in [4.69, 9.17) is 9.47 Å². The van der Waals surface area contributed by atoms with Crippen LogP contribution in [0.25, 0.3) is 0 Å².